The Balaban J connectivity index is 1.56. The maximum absolute atomic E-state index is 9.65. The zero-order chi connectivity index (χ0) is 17.5. The van der Waals surface area contributed by atoms with Crippen LogP contribution >= 0.6 is 0 Å². The second-order valence-corrected chi connectivity index (χ2v) is 7.29. The summed E-state index contributed by atoms with van der Waals surface area (Å²) in [6, 6.07) is 15.2. The highest BCUT2D eigenvalue weighted by molar-refractivity contribution is 5.27. The van der Waals surface area contributed by atoms with Crippen LogP contribution in [0, 0.1) is 5.92 Å². The summed E-state index contributed by atoms with van der Waals surface area (Å²) in [5.74, 6) is 1.52. The summed E-state index contributed by atoms with van der Waals surface area (Å²) < 4.78 is 0. The Bertz CT molecular complexity index is 647. The van der Waals surface area contributed by atoms with E-state index in [1.54, 1.807) is 18.2 Å². The van der Waals surface area contributed by atoms with Crippen molar-refractivity contribution in [3.63, 3.8) is 0 Å². The third kappa shape index (κ3) is 5.79. The molecule has 134 valence electrons. The number of benzene rings is 2. The maximum atomic E-state index is 9.65. The average molecular weight is 339 g/mol. The van der Waals surface area contributed by atoms with Crippen molar-refractivity contribution in [3.8, 4) is 11.5 Å². The Morgan fingerprint density at radius 3 is 2.16 bits per heavy atom. The molecule has 25 heavy (non-hydrogen) atoms. The highest BCUT2D eigenvalue weighted by atomic mass is 16.3. The highest BCUT2D eigenvalue weighted by Gasteiger charge is 2.18. The molecule has 0 aromatic heterocycles. The minimum Gasteiger partial charge on any atom is -0.508 e. The van der Waals surface area contributed by atoms with Gasteiger partial charge >= 0.3 is 0 Å². The topological polar surface area (TPSA) is 43.7 Å². The number of rotatable bonds is 8. The molecule has 0 heterocycles. The van der Waals surface area contributed by atoms with Gasteiger partial charge in [0.2, 0.25) is 0 Å². The standard InChI is InChI=1S/C22H29NO2/c24-21-10-8-18(9-11-21)12-14-23(17-20-4-1-2-5-20)15-13-19-6-3-7-22(25)16-19/h3,6-11,16,20,24-25H,1-2,4-5,12-15,17H2. The summed E-state index contributed by atoms with van der Waals surface area (Å²) in [5.41, 5.74) is 2.47. The van der Waals surface area contributed by atoms with Gasteiger partial charge in [-0.1, -0.05) is 37.1 Å². The fourth-order valence-corrected chi connectivity index (χ4v) is 3.80. The molecule has 0 bridgehead atoms. The van der Waals surface area contributed by atoms with E-state index in [1.165, 1.54) is 43.4 Å². The molecule has 1 aliphatic rings. The van der Waals surface area contributed by atoms with E-state index < -0.39 is 0 Å². The summed E-state index contributed by atoms with van der Waals surface area (Å²) in [6.45, 7) is 3.25. The molecule has 2 aromatic carbocycles. The van der Waals surface area contributed by atoms with E-state index in [0.717, 1.165) is 31.8 Å². The van der Waals surface area contributed by atoms with Crippen molar-refractivity contribution in [2.75, 3.05) is 19.6 Å². The first-order valence-electron chi connectivity index (χ1n) is 9.47. The van der Waals surface area contributed by atoms with Crippen LogP contribution in [0.2, 0.25) is 0 Å². The lowest BCUT2D eigenvalue weighted by molar-refractivity contribution is 0.236. The van der Waals surface area contributed by atoms with Gasteiger partial charge in [-0.05, 0) is 67.0 Å². The van der Waals surface area contributed by atoms with E-state index in [0.29, 0.717) is 11.5 Å². The molecular weight excluding hydrogens is 310 g/mol. The van der Waals surface area contributed by atoms with E-state index in [4.69, 9.17) is 0 Å². The molecular formula is C22H29NO2. The fourth-order valence-electron chi connectivity index (χ4n) is 3.80. The molecule has 2 aromatic rings. The molecule has 3 nitrogen and oxygen atoms in total. The number of phenolic OH excluding ortho intramolecular Hbond substituents is 2. The van der Waals surface area contributed by atoms with Crippen molar-refractivity contribution in [2.24, 2.45) is 5.92 Å². The van der Waals surface area contributed by atoms with E-state index in [9.17, 15) is 10.2 Å². The number of phenols is 2. The van der Waals surface area contributed by atoms with Gasteiger partial charge in [-0.2, -0.15) is 0 Å². The number of aromatic hydroxyl groups is 2. The van der Waals surface area contributed by atoms with Gasteiger partial charge in [0.1, 0.15) is 11.5 Å². The Hall–Kier alpha value is -2.00. The zero-order valence-corrected chi connectivity index (χ0v) is 14.9. The van der Waals surface area contributed by atoms with E-state index >= 15 is 0 Å². The fraction of sp³-hybridized carbons (Fsp3) is 0.455. The summed E-state index contributed by atoms with van der Waals surface area (Å²) >= 11 is 0. The first-order valence-corrected chi connectivity index (χ1v) is 9.47. The third-order valence-electron chi connectivity index (χ3n) is 5.27. The summed E-state index contributed by atoms with van der Waals surface area (Å²) in [5, 5.41) is 19.1. The van der Waals surface area contributed by atoms with E-state index in [-0.39, 0.29) is 0 Å². The molecule has 1 fully saturated rings. The van der Waals surface area contributed by atoms with Gasteiger partial charge in [-0.25, -0.2) is 0 Å². The molecule has 0 aliphatic heterocycles. The van der Waals surface area contributed by atoms with Crippen molar-refractivity contribution in [1.82, 2.24) is 4.90 Å². The Labute approximate surface area is 150 Å². The van der Waals surface area contributed by atoms with E-state index in [2.05, 4.69) is 11.0 Å². The maximum Gasteiger partial charge on any atom is 0.115 e. The van der Waals surface area contributed by atoms with Gasteiger partial charge in [0.15, 0.2) is 0 Å². The SMILES string of the molecule is Oc1ccc(CCN(CCc2cccc(O)c2)CC2CCCC2)cc1. The van der Waals surface area contributed by atoms with Crippen molar-refractivity contribution in [3.05, 3.63) is 59.7 Å². The third-order valence-corrected chi connectivity index (χ3v) is 5.27. The molecule has 0 unspecified atom stereocenters. The first-order chi connectivity index (χ1) is 12.2. The quantitative estimate of drug-likeness (QED) is 0.750. The van der Waals surface area contributed by atoms with Crippen molar-refractivity contribution in [2.45, 2.75) is 38.5 Å². The zero-order valence-electron chi connectivity index (χ0n) is 14.9. The lowest BCUT2D eigenvalue weighted by Gasteiger charge is -2.25. The van der Waals surface area contributed by atoms with Crippen LogP contribution in [-0.4, -0.2) is 34.7 Å². The minimum atomic E-state index is 0.329. The number of hydrogen-bond acceptors (Lipinski definition) is 3. The molecule has 0 atom stereocenters. The number of hydrogen-bond donors (Lipinski definition) is 2. The van der Waals surface area contributed by atoms with Gasteiger partial charge in [0.25, 0.3) is 0 Å². The largest absolute Gasteiger partial charge is 0.508 e. The van der Waals surface area contributed by atoms with Crippen molar-refractivity contribution >= 4 is 0 Å². The van der Waals surface area contributed by atoms with Gasteiger partial charge in [0, 0.05) is 19.6 Å². The van der Waals surface area contributed by atoms with Crippen LogP contribution < -0.4 is 0 Å². The predicted octanol–water partition coefficient (Wildman–Crippen LogP) is 4.38. The smallest absolute Gasteiger partial charge is 0.115 e. The Kier molecular flexibility index (Phi) is 6.35. The summed E-state index contributed by atoms with van der Waals surface area (Å²) in [6.07, 6.45) is 7.46. The van der Waals surface area contributed by atoms with Crippen LogP contribution in [0.4, 0.5) is 0 Å². The average Bonchev–Trinajstić information content (AvgIpc) is 3.12. The minimum absolute atomic E-state index is 0.329. The van der Waals surface area contributed by atoms with Gasteiger partial charge in [0.05, 0.1) is 0 Å². The Morgan fingerprint density at radius 1 is 0.800 bits per heavy atom. The second kappa shape index (κ2) is 8.91. The van der Waals surface area contributed by atoms with Crippen molar-refractivity contribution < 1.29 is 10.2 Å². The van der Waals surface area contributed by atoms with E-state index in [1.807, 2.05) is 24.3 Å². The number of nitrogens with zero attached hydrogens (tertiary/aromatic N) is 1. The summed E-state index contributed by atoms with van der Waals surface area (Å²) in [4.78, 5) is 2.58. The lowest BCUT2D eigenvalue weighted by Crippen LogP contribution is -2.32. The molecule has 3 rings (SSSR count). The molecule has 0 radical (unpaired) electrons. The molecule has 3 heteroatoms. The van der Waals surface area contributed by atoms with Gasteiger partial charge in [-0.3, -0.25) is 0 Å². The molecule has 0 spiro atoms. The van der Waals surface area contributed by atoms with Crippen LogP contribution in [0.15, 0.2) is 48.5 Å². The molecule has 2 N–H and O–H groups in total. The van der Waals surface area contributed by atoms with Crippen LogP contribution in [0.1, 0.15) is 36.8 Å². The normalized spacial score (nSPS) is 15.1. The molecule has 0 saturated heterocycles. The van der Waals surface area contributed by atoms with Crippen molar-refractivity contribution in [1.29, 1.82) is 0 Å². The van der Waals surface area contributed by atoms with Crippen LogP contribution in [0.5, 0.6) is 11.5 Å². The second-order valence-electron chi connectivity index (χ2n) is 7.29. The molecule has 1 saturated carbocycles. The van der Waals surface area contributed by atoms with Gasteiger partial charge < -0.3 is 15.1 Å². The van der Waals surface area contributed by atoms with Crippen LogP contribution in [0.3, 0.4) is 0 Å². The molecule has 0 amide bonds. The predicted molar refractivity (Wildman–Crippen MR) is 102 cm³/mol. The van der Waals surface area contributed by atoms with Crippen LogP contribution in [-0.2, 0) is 12.8 Å². The first kappa shape index (κ1) is 17.8. The highest BCUT2D eigenvalue weighted by Crippen LogP contribution is 2.26. The van der Waals surface area contributed by atoms with Gasteiger partial charge in [-0.15, -0.1) is 0 Å². The monoisotopic (exact) mass is 339 g/mol. The van der Waals surface area contributed by atoms with Crippen LogP contribution in [0.25, 0.3) is 0 Å². The Morgan fingerprint density at radius 2 is 1.48 bits per heavy atom. The molecule has 1 aliphatic carbocycles. The summed E-state index contributed by atoms with van der Waals surface area (Å²) in [7, 11) is 0. The lowest BCUT2D eigenvalue weighted by atomic mass is 10.1.